The molecular formula is C14H25N5O. The van der Waals surface area contributed by atoms with E-state index in [0.717, 1.165) is 18.7 Å². The molecule has 0 spiro atoms. The largest absolute Gasteiger partial charge is 0.335 e. The Morgan fingerprint density at radius 3 is 2.55 bits per heavy atom. The molecule has 6 nitrogen and oxygen atoms in total. The van der Waals surface area contributed by atoms with E-state index in [4.69, 9.17) is 0 Å². The number of nitrogens with zero attached hydrogens (tertiary/aromatic N) is 3. The summed E-state index contributed by atoms with van der Waals surface area (Å²) in [6.45, 7) is 1.92. The molecule has 20 heavy (non-hydrogen) atoms. The number of nitrogens with one attached hydrogen (secondary N) is 2. The summed E-state index contributed by atoms with van der Waals surface area (Å²) in [6.07, 6.45) is 10.2. The molecule has 0 unspecified atom stereocenters. The molecule has 1 aliphatic rings. The minimum Gasteiger partial charge on any atom is -0.335 e. The fraction of sp³-hybridized carbons (Fsp3) is 0.786. The molecule has 1 saturated carbocycles. The number of amides is 2. The van der Waals surface area contributed by atoms with Gasteiger partial charge in [0.1, 0.15) is 6.33 Å². The molecule has 2 rings (SSSR count). The zero-order valence-electron chi connectivity index (χ0n) is 12.4. The molecule has 0 aliphatic heterocycles. The van der Waals surface area contributed by atoms with Crippen LogP contribution in [0.1, 0.15) is 63.7 Å². The third-order valence-electron chi connectivity index (χ3n) is 3.92. The predicted molar refractivity (Wildman–Crippen MR) is 77.2 cm³/mol. The van der Waals surface area contributed by atoms with Crippen LogP contribution in [-0.4, -0.2) is 26.8 Å². The Morgan fingerprint density at radius 2 is 1.95 bits per heavy atom. The molecule has 1 aromatic rings. The first-order valence-corrected chi connectivity index (χ1v) is 7.57. The van der Waals surface area contributed by atoms with E-state index >= 15 is 0 Å². The quantitative estimate of drug-likeness (QED) is 0.891. The van der Waals surface area contributed by atoms with Crippen molar-refractivity contribution in [3.8, 4) is 0 Å². The van der Waals surface area contributed by atoms with Crippen molar-refractivity contribution in [1.82, 2.24) is 25.4 Å². The van der Waals surface area contributed by atoms with Crippen molar-refractivity contribution in [3.05, 3.63) is 12.2 Å². The zero-order valence-corrected chi connectivity index (χ0v) is 12.4. The van der Waals surface area contributed by atoms with Gasteiger partial charge < -0.3 is 15.2 Å². The number of hydrogen-bond donors (Lipinski definition) is 2. The highest BCUT2D eigenvalue weighted by atomic mass is 16.2. The summed E-state index contributed by atoms with van der Waals surface area (Å²) in [4.78, 5) is 12.0. The van der Waals surface area contributed by atoms with Crippen LogP contribution < -0.4 is 10.6 Å². The fourth-order valence-corrected chi connectivity index (χ4v) is 2.77. The molecule has 0 bridgehead atoms. The molecule has 0 radical (unpaired) electrons. The van der Waals surface area contributed by atoms with Gasteiger partial charge in [-0.1, -0.05) is 32.1 Å². The molecule has 2 amide bonds. The highest BCUT2D eigenvalue weighted by Crippen LogP contribution is 2.17. The van der Waals surface area contributed by atoms with Gasteiger partial charge in [0.15, 0.2) is 5.82 Å². The van der Waals surface area contributed by atoms with Crippen LogP contribution in [0.2, 0.25) is 0 Å². The summed E-state index contributed by atoms with van der Waals surface area (Å²) >= 11 is 0. The third-order valence-corrected chi connectivity index (χ3v) is 3.92. The Morgan fingerprint density at radius 1 is 1.30 bits per heavy atom. The van der Waals surface area contributed by atoms with Crippen molar-refractivity contribution in [1.29, 1.82) is 0 Å². The minimum atomic E-state index is -0.143. The lowest BCUT2D eigenvalue weighted by Crippen LogP contribution is -2.43. The number of urea groups is 1. The van der Waals surface area contributed by atoms with Gasteiger partial charge in [-0.2, -0.15) is 0 Å². The molecule has 0 aromatic carbocycles. The van der Waals surface area contributed by atoms with E-state index in [9.17, 15) is 4.79 Å². The summed E-state index contributed by atoms with van der Waals surface area (Å²) in [5.74, 6) is 0.762. The van der Waals surface area contributed by atoms with E-state index in [1.807, 2.05) is 18.5 Å². The Kier molecular flexibility index (Phi) is 5.38. The molecule has 112 valence electrons. The first-order chi connectivity index (χ1) is 9.66. The fourth-order valence-electron chi connectivity index (χ4n) is 2.77. The molecule has 1 fully saturated rings. The number of carbonyl (C=O) groups is 1. The smallest absolute Gasteiger partial charge is 0.315 e. The highest BCUT2D eigenvalue weighted by Gasteiger charge is 2.17. The van der Waals surface area contributed by atoms with Gasteiger partial charge in [0.05, 0.1) is 6.04 Å². The number of aromatic nitrogens is 3. The summed E-state index contributed by atoms with van der Waals surface area (Å²) < 4.78 is 1.82. The maximum atomic E-state index is 12.0. The Labute approximate surface area is 120 Å². The Balaban J connectivity index is 1.80. The van der Waals surface area contributed by atoms with Crippen molar-refractivity contribution < 1.29 is 4.79 Å². The second kappa shape index (κ2) is 7.26. The average Bonchev–Trinajstić information content (AvgIpc) is 2.78. The summed E-state index contributed by atoms with van der Waals surface area (Å²) in [6, 6.07) is 0.0594. The second-order valence-corrected chi connectivity index (χ2v) is 5.68. The first-order valence-electron chi connectivity index (χ1n) is 7.57. The molecule has 0 saturated heterocycles. The monoisotopic (exact) mass is 279 g/mol. The van der Waals surface area contributed by atoms with Crippen LogP contribution in [0.15, 0.2) is 6.33 Å². The Bertz CT molecular complexity index is 423. The van der Waals surface area contributed by atoms with Crippen LogP contribution in [0.25, 0.3) is 0 Å². The molecule has 6 heteroatoms. The van der Waals surface area contributed by atoms with E-state index < -0.39 is 0 Å². The van der Waals surface area contributed by atoms with Gasteiger partial charge in [0.2, 0.25) is 0 Å². The van der Waals surface area contributed by atoms with Crippen molar-refractivity contribution in [2.75, 3.05) is 0 Å². The van der Waals surface area contributed by atoms with Crippen molar-refractivity contribution in [3.63, 3.8) is 0 Å². The SMILES string of the molecule is C[C@@H](NC(=O)NC1CCCCCCC1)c1nncn1C. The molecular weight excluding hydrogens is 254 g/mol. The average molecular weight is 279 g/mol. The van der Waals surface area contributed by atoms with E-state index in [-0.39, 0.29) is 12.1 Å². The molecule has 2 N–H and O–H groups in total. The van der Waals surface area contributed by atoms with E-state index in [1.54, 1.807) is 6.33 Å². The van der Waals surface area contributed by atoms with Crippen molar-refractivity contribution in [2.45, 2.75) is 64.0 Å². The lowest BCUT2D eigenvalue weighted by atomic mass is 9.97. The van der Waals surface area contributed by atoms with Gasteiger partial charge in [-0.3, -0.25) is 0 Å². The topological polar surface area (TPSA) is 71.8 Å². The maximum Gasteiger partial charge on any atom is 0.315 e. The van der Waals surface area contributed by atoms with Crippen molar-refractivity contribution >= 4 is 6.03 Å². The normalized spacial score (nSPS) is 18.9. The van der Waals surface area contributed by atoms with Crippen LogP contribution in [0.4, 0.5) is 4.79 Å². The second-order valence-electron chi connectivity index (χ2n) is 5.68. The lowest BCUT2D eigenvalue weighted by molar-refractivity contribution is 0.230. The highest BCUT2D eigenvalue weighted by molar-refractivity contribution is 5.74. The molecule has 1 heterocycles. The van der Waals surface area contributed by atoms with Gasteiger partial charge in [-0.15, -0.1) is 10.2 Å². The third kappa shape index (κ3) is 4.21. The van der Waals surface area contributed by atoms with Gasteiger partial charge >= 0.3 is 6.03 Å². The standard InChI is InChI=1S/C14H25N5O/c1-11(13-18-15-10-19(13)2)16-14(20)17-12-8-6-4-3-5-7-9-12/h10-12H,3-9H2,1-2H3,(H2,16,17,20)/t11-/m1/s1. The predicted octanol–water partition coefficient (Wildman–Crippen LogP) is 2.29. The lowest BCUT2D eigenvalue weighted by Gasteiger charge is -2.22. The Hall–Kier alpha value is -1.59. The maximum absolute atomic E-state index is 12.0. The van der Waals surface area contributed by atoms with Crippen molar-refractivity contribution in [2.24, 2.45) is 7.05 Å². The summed E-state index contributed by atoms with van der Waals surface area (Å²) in [7, 11) is 1.88. The van der Waals surface area contributed by atoms with E-state index in [2.05, 4.69) is 20.8 Å². The van der Waals surface area contributed by atoms with Gasteiger partial charge in [-0.25, -0.2) is 4.79 Å². The summed E-state index contributed by atoms with van der Waals surface area (Å²) in [5, 5.41) is 13.9. The van der Waals surface area contributed by atoms with Crippen LogP contribution in [-0.2, 0) is 7.05 Å². The van der Waals surface area contributed by atoms with E-state index in [1.165, 1.54) is 32.1 Å². The van der Waals surface area contributed by atoms with Crippen LogP contribution in [0, 0.1) is 0 Å². The van der Waals surface area contributed by atoms with Gasteiger partial charge in [0, 0.05) is 13.1 Å². The summed E-state index contributed by atoms with van der Waals surface area (Å²) in [5.41, 5.74) is 0. The minimum absolute atomic E-state index is 0.105. The molecule has 1 aromatic heterocycles. The van der Waals surface area contributed by atoms with Crippen LogP contribution >= 0.6 is 0 Å². The van der Waals surface area contributed by atoms with Crippen LogP contribution in [0.5, 0.6) is 0 Å². The number of rotatable bonds is 3. The van der Waals surface area contributed by atoms with E-state index in [0.29, 0.717) is 6.04 Å². The zero-order chi connectivity index (χ0) is 14.4. The molecule has 1 atom stereocenters. The van der Waals surface area contributed by atoms with Gasteiger partial charge in [0.25, 0.3) is 0 Å². The van der Waals surface area contributed by atoms with Gasteiger partial charge in [-0.05, 0) is 19.8 Å². The molecule has 1 aliphatic carbocycles. The first kappa shape index (κ1) is 14.8. The number of carbonyl (C=O) groups excluding carboxylic acids is 1. The number of hydrogen-bond acceptors (Lipinski definition) is 3. The van der Waals surface area contributed by atoms with Crippen LogP contribution in [0.3, 0.4) is 0 Å². The number of aryl methyl sites for hydroxylation is 1.